The van der Waals surface area contributed by atoms with Crippen molar-refractivity contribution in [1.82, 2.24) is 9.80 Å². The molecule has 3 heteroatoms. The molecule has 2 atom stereocenters. The summed E-state index contributed by atoms with van der Waals surface area (Å²) in [4.78, 5) is 5.40. The molecule has 0 saturated carbocycles. The molecule has 0 bridgehead atoms. The van der Waals surface area contributed by atoms with Crippen molar-refractivity contribution in [2.45, 2.75) is 71.0 Å². The molecule has 0 aromatic carbocycles. The van der Waals surface area contributed by atoms with Crippen LogP contribution in [0.1, 0.15) is 52.9 Å². The van der Waals surface area contributed by atoms with Gasteiger partial charge in [-0.2, -0.15) is 0 Å². The normalized spacial score (nSPS) is 29.8. The number of hydrogen-bond donors (Lipinski definition) is 1. The average Bonchev–Trinajstić information content (AvgIpc) is 2.39. The smallest absolute Gasteiger partial charge is 0.0247 e. The van der Waals surface area contributed by atoms with E-state index < -0.39 is 0 Å². The second-order valence-electron chi connectivity index (χ2n) is 7.09. The fourth-order valence-corrected chi connectivity index (χ4v) is 3.95. The fraction of sp³-hybridized carbons (Fsp3) is 1.00. The summed E-state index contributed by atoms with van der Waals surface area (Å²) in [7, 11) is 0. The average molecular weight is 267 g/mol. The van der Waals surface area contributed by atoms with Gasteiger partial charge in [-0.05, 0) is 58.2 Å². The summed E-state index contributed by atoms with van der Waals surface area (Å²) in [6.07, 6.45) is 6.74. The molecule has 0 radical (unpaired) electrons. The van der Waals surface area contributed by atoms with E-state index in [4.69, 9.17) is 5.73 Å². The van der Waals surface area contributed by atoms with Gasteiger partial charge in [0.05, 0.1) is 0 Å². The number of nitrogens with two attached hydrogens (primary N) is 1. The van der Waals surface area contributed by atoms with Crippen molar-refractivity contribution in [3.63, 3.8) is 0 Å². The molecule has 0 aliphatic carbocycles. The molecule has 2 saturated heterocycles. The van der Waals surface area contributed by atoms with Gasteiger partial charge in [0.1, 0.15) is 0 Å². The Kier molecular flexibility index (Phi) is 5.67. The van der Waals surface area contributed by atoms with Crippen LogP contribution in [0.15, 0.2) is 0 Å². The van der Waals surface area contributed by atoms with Crippen molar-refractivity contribution in [1.29, 1.82) is 0 Å². The van der Waals surface area contributed by atoms with Gasteiger partial charge in [0, 0.05) is 24.7 Å². The Morgan fingerprint density at radius 1 is 1.00 bits per heavy atom. The third kappa shape index (κ3) is 4.17. The van der Waals surface area contributed by atoms with Gasteiger partial charge in [0.25, 0.3) is 0 Å². The molecular weight excluding hydrogens is 234 g/mol. The number of hydrogen-bond acceptors (Lipinski definition) is 3. The molecule has 0 spiro atoms. The van der Waals surface area contributed by atoms with Gasteiger partial charge < -0.3 is 10.6 Å². The first-order valence-electron chi connectivity index (χ1n) is 8.31. The van der Waals surface area contributed by atoms with Crippen LogP contribution in [0.25, 0.3) is 0 Å². The molecule has 112 valence electrons. The van der Waals surface area contributed by atoms with Crippen LogP contribution in [0.2, 0.25) is 0 Å². The van der Waals surface area contributed by atoms with E-state index in [1.165, 1.54) is 58.3 Å². The van der Waals surface area contributed by atoms with E-state index in [2.05, 4.69) is 30.6 Å². The summed E-state index contributed by atoms with van der Waals surface area (Å²) in [5.74, 6) is 0.795. The molecule has 2 unspecified atom stereocenters. The molecule has 0 amide bonds. The summed E-state index contributed by atoms with van der Waals surface area (Å²) < 4.78 is 0. The third-order valence-corrected chi connectivity index (χ3v) is 4.85. The fourth-order valence-electron chi connectivity index (χ4n) is 3.95. The summed E-state index contributed by atoms with van der Waals surface area (Å²) >= 11 is 0. The van der Waals surface area contributed by atoms with Crippen molar-refractivity contribution in [3.8, 4) is 0 Å². The second-order valence-corrected chi connectivity index (χ2v) is 7.09. The molecular formula is C16H33N3. The first kappa shape index (κ1) is 15.3. The van der Waals surface area contributed by atoms with Crippen LogP contribution < -0.4 is 5.73 Å². The largest absolute Gasteiger partial charge is 0.327 e. The van der Waals surface area contributed by atoms with E-state index in [1.807, 2.05) is 0 Å². The van der Waals surface area contributed by atoms with Crippen molar-refractivity contribution < 1.29 is 0 Å². The van der Waals surface area contributed by atoms with Crippen LogP contribution >= 0.6 is 0 Å². The van der Waals surface area contributed by atoms with Gasteiger partial charge in [0.15, 0.2) is 0 Å². The maximum Gasteiger partial charge on any atom is 0.0247 e. The molecule has 3 nitrogen and oxygen atoms in total. The molecule has 19 heavy (non-hydrogen) atoms. The molecule has 2 fully saturated rings. The highest BCUT2D eigenvalue weighted by atomic mass is 15.2. The highest BCUT2D eigenvalue weighted by Crippen LogP contribution is 2.26. The zero-order valence-electron chi connectivity index (χ0n) is 13.1. The lowest BCUT2D eigenvalue weighted by molar-refractivity contribution is 0.0396. The van der Waals surface area contributed by atoms with Crippen molar-refractivity contribution in [3.05, 3.63) is 0 Å². The lowest BCUT2D eigenvalue weighted by Gasteiger charge is -2.46. The Morgan fingerprint density at radius 3 is 2.26 bits per heavy atom. The highest BCUT2D eigenvalue weighted by Gasteiger charge is 2.32. The molecule has 0 aromatic heterocycles. The summed E-state index contributed by atoms with van der Waals surface area (Å²) in [6.45, 7) is 11.9. The Balaban J connectivity index is 1.85. The highest BCUT2D eigenvalue weighted by molar-refractivity contribution is 4.90. The topological polar surface area (TPSA) is 32.5 Å². The van der Waals surface area contributed by atoms with Crippen molar-refractivity contribution in [2.24, 2.45) is 11.7 Å². The minimum Gasteiger partial charge on any atom is -0.327 e. The molecule has 2 rings (SSSR count). The minimum atomic E-state index is 0.328. The van der Waals surface area contributed by atoms with Gasteiger partial charge in [-0.1, -0.05) is 20.3 Å². The zero-order chi connectivity index (χ0) is 13.8. The minimum absolute atomic E-state index is 0.328. The molecule has 2 N–H and O–H groups in total. The van der Waals surface area contributed by atoms with E-state index >= 15 is 0 Å². The van der Waals surface area contributed by atoms with Crippen LogP contribution in [0.3, 0.4) is 0 Å². The van der Waals surface area contributed by atoms with Gasteiger partial charge in [0.2, 0.25) is 0 Å². The van der Waals surface area contributed by atoms with Gasteiger partial charge in [-0.3, -0.25) is 4.90 Å². The third-order valence-electron chi connectivity index (χ3n) is 4.85. The second kappa shape index (κ2) is 7.05. The van der Waals surface area contributed by atoms with E-state index in [0.717, 1.165) is 12.0 Å². The first-order valence-corrected chi connectivity index (χ1v) is 8.31. The van der Waals surface area contributed by atoms with Gasteiger partial charge in [-0.15, -0.1) is 0 Å². The van der Waals surface area contributed by atoms with Crippen molar-refractivity contribution in [2.75, 3.05) is 26.2 Å². The van der Waals surface area contributed by atoms with Crippen LogP contribution in [0.5, 0.6) is 0 Å². The van der Waals surface area contributed by atoms with Crippen molar-refractivity contribution >= 4 is 0 Å². The van der Waals surface area contributed by atoms with Crippen LogP contribution in [-0.4, -0.2) is 54.1 Å². The van der Waals surface area contributed by atoms with Crippen LogP contribution in [0.4, 0.5) is 0 Å². The van der Waals surface area contributed by atoms with E-state index in [0.29, 0.717) is 12.1 Å². The molecule has 0 aromatic rings. The van der Waals surface area contributed by atoms with Gasteiger partial charge >= 0.3 is 0 Å². The Bertz CT molecular complexity index is 257. The predicted octanol–water partition coefficient (Wildman–Crippen LogP) is 2.31. The van der Waals surface area contributed by atoms with E-state index in [1.54, 1.807) is 0 Å². The zero-order valence-corrected chi connectivity index (χ0v) is 13.1. The maximum atomic E-state index is 6.21. The predicted molar refractivity (Wildman–Crippen MR) is 82.3 cm³/mol. The molecule has 2 aliphatic heterocycles. The number of piperidine rings is 2. The maximum absolute atomic E-state index is 6.21. The summed E-state index contributed by atoms with van der Waals surface area (Å²) in [5.41, 5.74) is 6.21. The summed E-state index contributed by atoms with van der Waals surface area (Å²) in [5, 5.41) is 0. The Hall–Kier alpha value is -0.120. The lowest BCUT2D eigenvalue weighted by Crippen LogP contribution is -2.56. The van der Waals surface area contributed by atoms with Gasteiger partial charge in [-0.25, -0.2) is 0 Å². The monoisotopic (exact) mass is 267 g/mol. The quantitative estimate of drug-likeness (QED) is 0.848. The molecule has 2 heterocycles. The number of rotatable bonds is 4. The van der Waals surface area contributed by atoms with E-state index in [-0.39, 0.29) is 0 Å². The SMILES string of the molecule is CC(C)CN1CCC(N2CCCCC2C(C)N)CC1. The van der Waals surface area contributed by atoms with E-state index in [9.17, 15) is 0 Å². The number of likely N-dealkylation sites (tertiary alicyclic amines) is 2. The Morgan fingerprint density at radius 2 is 1.68 bits per heavy atom. The Labute approximate surface area is 119 Å². The molecule has 2 aliphatic rings. The first-order chi connectivity index (χ1) is 9.08. The lowest BCUT2D eigenvalue weighted by atomic mass is 9.92. The summed E-state index contributed by atoms with van der Waals surface area (Å²) in [6, 6.07) is 1.75. The standard InChI is InChI=1S/C16H33N3/c1-13(2)12-18-10-7-15(8-11-18)19-9-5-4-6-16(19)14(3)17/h13-16H,4-12,17H2,1-3H3. The number of nitrogens with zero attached hydrogens (tertiary/aromatic N) is 2. The van der Waals surface area contributed by atoms with Crippen LogP contribution in [0, 0.1) is 5.92 Å². The van der Waals surface area contributed by atoms with Crippen LogP contribution in [-0.2, 0) is 0 Å².